The quantitative estimate of drug-likeness (QED) is 0.549. The van der Waals surface area contributed by atoms with E-state index in [1.807, 2.05) is 0 Å². The van der Waals surface area contributed by atoms with Crippen molar-refractivity contribution in [3.8, 4) is 0 Å². The third kappa shape index (κ3) is 11.8. The fraction of sp³-hybridized carbons (Fsp3) is 1.00. The van der Waals surface area contributed by atoms with Gasteiger partial charge in [0.15, 0.2) is 0 Å². The summed E-state index contributed by atoms with van der Waals surface area (Å²) in [5, 5.41) is 3.44. The standard InChI is InChI=1S/C13H30N2/c1-4-5-9-13(14)11-15-10-7-6-8-12(2)3/h12-13,15H,4-11,14H2,1-3H3. The average molecular weight is 214 g/mol. The van der Waals surface area contributed by atoms with Crippen molar-refractivity contribution in [3.05, 3.63) is 0 Å². The first kappa shape index (κ1) is 14.9. The SMILES string of the molecule is CCCCC(N)CNCCCCC(C)C. The van der Waals surface area contributed by atoms with Gasteiger partial charge >= 0.3 is 0 Å². The van der Waals surface area contributed by atoms with Gasteiger partial charge in [0.1, 0.15) is 0 Å². The Kier molecular flexibility index (Phi) is 10.4. The van der Waals surface area contributed by atoms with E-state index in [9.17, 15) is 0 Å². The Balaban J connectivity index is 3.09. The van der Waals surface area contributed by atoms with Crippen LogP contribution in [0.3, 0.4) is 0 Å². The number of nitrogens with two attached hydrogens (primary N) is 1. The highest BCUT2D eigenvalue weighted by molar-refractivity contribution is 4.64. The van der Waals surface area contributed by atoms with Crippen molar-refractivity contribution in [2.45, 2.75) is 65.3 Å². The number of hydrogen-bond donors (Lipinski definition) is 2. The van der Waals surface area contributed by atoms with Crippen LogP contribution in [0.4, 0.5) is 0 Å². The van der Waals surface area contributed by atoms with Crippen LogP contribution in [0.15, 0.2) is 0 Å². The van der Waals surface area contributed by atoms with E-state index in [1.165, 1.54) is 32.1 Å². The van der Waals surface area contributed by atoms with Crippen LogP contribution in [0.2, 0.25) is 0 Å². The fourth-order valence-electron chi connectivity index (χ4n) is 1.66. The lowest BCUT2D eigenvalue weighted by Gasteiger charge is -2.12. The van der Waals surface area contributed by atoms with Crippen LogP contribution in [0.1, 0.15) is 59.3 Å². The van der Waals surface area contributed by atoms with Crippen molar-refractivity contribution < 1.29 is 0 Å². The minimum absolute atomic E-state index is 0.357. The Bertz CT molecular complexity index is 124. The maximum Gasteiger partial charge on any atom is 0.0165 e. The van der Waals surface area contributed by atoms with Gasteiger partial charge in [-0.3, -0.25) is 0 Å². The molecule has 0 saturated heterocycles. The molecule has 0 spiro atoms. The lowest BCUT2D eigenvalue weighted by Crippen LogP contribution is -2.34. The molecule has 0 aliphatic rings. The highest BCUT2D eigenvalue weighted by Gasteiger charge is 2.00. The van der Waals surface area contributed by atoms with Gasteiger partial charge in [-0.15, -0.1) is 0 Å². The van der Waals surface area contributed by atoms with Crippen molar-refractivity contribution in [2.24, 2.45) is 11.7 Å². The molecule has 0 saturated carbocycles. The highest BCUT2D eigenvalue weighted by atomic mass is 14.9. The van der Waals surface area contributed by atoms with Crippen LogP contribution in [0.5, 0.6) is 0 Å². The molecule has 15 heavy (non-hydrogen) atoms. The monoisotopic (exact) mass is 214 g/mol. The van der Waals surface area contributed by atoms with E-state index >= 15 is 0 Å². The third-order valence-corrected chi connectivity index (χ3v) is 2.72. The van der Waals surface area contributed by atoms with Crippen LogP contribution in [0.25, 0.3) is 0 Å². The van der Waals surface area contributed by atoms with Gasteiger partial charge in [0.2, 0.25) is 0 Å². The lowest BCUT2D eigenvalue weighted by molar-refractivity contribution is 0.492. The maximum atomic E-state index is 5.96. The van der Waals surface area contributed by atoms with Gasteiger partial charge in [-0.05, 0) is 25.3 Å². The first-order chi connectivity index (χ1) is 7.16. The Hall–Kier alpha value is -0.0800. The topological polar surface area (TPSA) is 38.0 Å². The van der Waals surface area contributed by atoms with E-state index in [0.29, 0.717) is 6.04 Å². The van der Waals surface area contributed by atoms with Crippen molar-refractivity contribution >= 4 is 0 Å². The zero-order valence-corrected chi connectivity index (χ0v) is 10.9. The molecule has 0 aromatic carbocycles. The zero-order valence-electron chi connectivity index (χ0n) is 10.9. The Morgan fingerprint density at radius 3 is 2.40 bits per heavy atom. The number of unbranched alkanes of at least 4 members (excludes halogenated alkanes) is 2. The van der Waals surface area contributed by atoms with Crippen molar-refractivity contribution in [2.75, 3.05) is 13.1 Å². The Labute approximate surface area is 96.0 Å². The molecular formula is C13H30N2. The molecule has 0 rings (SSSR count). The molecule has 0 aromatic rings. The lowest BCUT2D eigenvalue weighted by atomic mass is 10.1. The molecule has 0 aliphatic heterocycles. The molecular weight excluding hydrogens is 184 g/mol. The average Bonchev–Trinajstić information content (AvgIpc) is 2.19. The second-order valence-corrected chi connectivity index (χ2v) is 5.00. The van der Waals surface area contributed by atoms with E-state index < -0.39 is 0 Å². The maximum absolute atomic E-state index is 5.96. The Morgan fingerprint density at radius 1 is 1.07 bits per heavy atom. The van der Waals surface area contributed by atoms with Crippen LogP contribution >= 0.6 is 0 Å². The van der Waals surface area contributed by atoms with Crippen molar-refractivity contribution in [3.63, 3.8) is 0 Å². The molecule has 2 heteroatoms. The van der Waals surface area contributed by atoms with E-state index in [-0.39, 0.29) is 0 Å². The molecule has 92 valence electrons. The smallest absolute Gasteiger partial charge is 0.0165 e. The van der Waals surface area contributed by atoms with Gasteiger partial charge in [-0.2, -0.15) is 0 Å². The first-order valence-electron chi connectivity index (χ1n) is 6.63. The van der Waals surface area contributed by atoms with Crippen LogP contribution in [-0.4, -0.2) is 19.1 Å². The first-order valence-corrected chi connectivity index (χ1v) is 6.63. The predicted molar refractivity (Wildman–Crippen MR) is 69.1 cm³/mol. The molecule has 0 aliphatic carbocycles. The van der Waals surface area contributed by atoms with Crippen LogP contribution in [0, 0.1) is 5.92 Å². The summed E-state index contributed by atoms with van der Waals surface area (Å²) in [7, 11) is 0. The molecule has 1 atom stereocenters. The summed E-state index contributed by atoms with van der Waals surface area (Å²) >= 11 is 0. The largest absolute Gasteiger partial charge is 0.327 e. The van der Waals surface area contributed by atoms with Crippen molar-refractivity contribution in [1.82, 2.24) is 5.32 Å². The van der Waals surface area contributed by atoms with Crippen molar-refractivity contribution in [1.29, 1.82) is 0 Å². The van der Waals surface area contributed by atoms with Gasteiger partial charge in [0.25, 0.3) is 0 Å². The van der Waals surface area contributed by atoms with Gasteiger partial charge < -0.3 is 11.1 Å². The number of hydrogen-bond acceptors (Lipinski definition) is 2. The normalized spacial score (nSPS) is 13.4. The second kappa shape index (κ2) is 10.4. The van der Waals surface area contributed by atoms with E-state index in [0.717, 1.165) is 25.4 Å². The van der Waals surface area contributed by atoms with Crippen LogP contribution in [-0.2, 0) is 0 Å². The summed E-state index contributed by atoms with van der Waals surface area (Å²) < 4.78 is 0. The van der Waals surface area contributed by atoms with E-state index in [1.54, 1.807) is 0 Å². The second-order valence-electron chi connectivity index (χ2n) is 5.00. The molecule has 1 unspecified atom stereocenters. The van der Waals surface area contributed by atoms with E-state index in [4.69, 9.17) is 5.73 Å². The summed E-state index contributed by atoms with van der Waals surface area (Å²) in [6, 6.07) is 0.357. The molecule has 3 N–H and O–H groups in total. The van der Waals surface area contributed by atoms with Crippen LogP contribution < -0.4 is 11.1 Å². The molecule has 0 radical (unpaired) electrons. The fourth-order valence-corrected chi connectivity index (χ4v) is 1.66. The van der Waals surface area contributed by atoms with Gasteiger partial charge in [-0.25, -0.2) is 0 Å². The molecule has 0 fully saturated rings. The molecule has 2 nitrogen and oxygen atoms in total. The minimum atomic E-state index is 0.357. The molecule has 0 bridgehead atoms. The number of rotatable bonds is 10. The molecule has 0 amide bonds. The van der Waals surface area contributed by atoms with Gasteiger partial charge in [0, 0.05) is 12.6 Å². The minimum Gasteiger partial charge on any atom is -0.327 e. The van der Waals surface area contributed by atoms with E-state index in [2.05, 4.69) is 26.1 Å². The highest BCUT2D eigenvalue weighted by Crippen LogP contribution is 2.05. The molecule has 0 heterocycles. The summed E-state index contributed by atoms with van der Waals surface area (Å²) in [4.78, 5) is 0. The predicted octanol–water partition coefficient (Wildman–Crippen LogP) is 2.92. The van der Waals surface area contributed by atoms with Gasteiger partial charge in [-0.1, -0.05) is 46.5 Å². The summed E-state index contributed by atoms with van der Waals surface area (Å²) in [5.74, 6) is 0.844. The molecule has 0 aromatic heterocycles. The third-order valence-electron chi connectivity index (χ3n) is 2.72. The number of nitrogens with one attached hydrogen (secondary N) is 1. The zero-order chi connectivity index (χ0) is 11.5. The van der Waals surface area contributed by atoms with Gasteiger partial charge in [0.05, 0.1) is 0 Å². The Morgan fingerprint density at radius 2 is 1.80 bits per heavy atom. The summed E-state index contributed by atoms with van der Waals surface area (Å²) in [5.41, 5.74) is 5.96. The summed E-state index contributed by atoms with van der Waals surface area (Å²) in [6.07, 6.45) is 7.66. The summed E-state index contributed by atoms with van der Waals surface area (Å²) in [6.45, 7) is 8.91.